The van der Waals surface area contributed by atoms with Crippen LogP contribution in [-0.4, -0.2) is 22.6 Å². The zero-order valence-electron chi connectivity index (χ0n) is 14.0. The van der Waals surface area contributed by atoms with E-state index in [0.29, 0.717) is 22.8 Å². The molecule has 1 aliphatic carbocycles. The van der Waals surface area contributed by atoms with Gasteiger partial charge in [0.2, 0.25) is 5.95 Å². The van der Waals surface area contributed by atoms with Gasteiger partial charge in [-0.25, -0.2) is 0 Å². The van der Waals surface area contributed by atoms with E-state index < -0.39 is 0 Å². The molecule has 1 heterocycles. The molecule has 5 heteroatoms. The Balaban J connectivity index is 2.13. The molecule has 1 saturated carbocycles. The van der Waals surface area contributed by atoms with E-state index in [1.165, 1.54) is 6.42 Å². The number of nitrogen functional groups attached to an aromatic ring is 1. The lowest BCUT2D eigenvalue weighted by Gasteiger charge is -2.45. The molecule has 118 valence electrons. The molecule has 1 aliphatic rings. The third-order valence-corrected chi connectivity index (χ3v) is 4.01. The van der Waals surface area contributed by atoms with E-state index in [1.54, 1.807) is 0 Å². The Labute approximate surface area is 128 Å². The summed E-state index contributed by atoms with van der Waals surface area (Å²) in [6.07, 6.45) is 3.56. The highest BCUT2D eigenvalue weighted by molar-refractivity contribution is 5.51. The highest BCUT2D eigenvalue weighted by atomic mass is 15.1. The lowest BCUT2D eigenvalue weighted by atomic mass is 9.63. The minimum absolute atomic E-state index is 0.310. The van der Waals surface area contributed by atoms with Gasteiger partial charge in [0.25, 0.3) is 0 Å². The van der Waals surface area contributed by atoms with E-state index in [4.69, 9.17) is 5.73 Å². The first-order valence-electron chi connectivity index (χ1n) is 7.84. The predicted octanol–water partition coefficient (Wildman–Crippen LogP) is 3.51. The maximum Gasteiger partial charge on any atom is 0.223 e. The van der Waals surface area contributed by atoms with Crippen LogP contribution in [-0.2, 0) is 0 Å². The highest BCUT2D eigenvalue weighted by Crippen LogP contribution is 2.46. The fraction of sp³-hybridized carbons (Fsp3) is 0.750. The molecular weight excluding hydrogens is 262 g/mol. The minimum atomic E-state index is 0.310. The van der Waals surface area contributed by atoms with E-state index >= 15 is 0 Å². The Morgan fingerprint density at radius 1 is 1.14 bits per heavy atom. The second kappa shape index (κ2) is 5.70. The number of hydrogen-bond acceptors (Lipinski definition) is 5. The number of aromatic nitrogens is 2. The first-order chi connectivity index (χ1) is 9.69. The Kier molecular flexibility index (Phi) is 4.30. The van der Waals surface area contributed by atoms with E-state index in [1.807, 2.05) is 13.0 Å². The third-order valence-electron chi connectivity index (χ3n) is 4.01. The minimum Gasteiger partial charge on any atom is -0.370 e. The van der Waals surface area contributed by atoms with Crippen molar-refractivity contribution in [2.45, 2.75) is 59.9 Å². The summed E-state index contributed by atoms with van der Waals surface area (Å²) in [6.45, 7) is 12.3. The Hall–Kier alpha value is -1.52. The molecule has 0 spiro atoms. The summed E-state index contributed by atoms with van der Waals surface area (Å²) in [5.74, 6) is 1.91. The van der Waals surface area contributed by atoms with Crippen molar-refractivity contribution in [1.29, 1.82) is 0 Å². The molecule has 0 aliphatic heterocycles. The normalized spacial score (nSPS) is 21.0. The topological polar surface area (TPSA) is 75.9 Å². The van der Waals surface area contributed by atoms with Crippen LogP contribution in [0.1, 0.15) is 53.9 Å². The van der Waals surface area contributed by atoms with Crippen LogP contribution in [0.3, 0.4) is 0 Å². The number of nitrogens with one attached hydrogen (secondary N) is 2. The van der Waals surface area contributed by atoms with E-state index in [2.05, 4.69) is 48.3 Å². The molecule has 0 radical (unpaired) electrons. The van der Waals surface area contributed by atoms with Crippen LogP contribution in [0, 0.1) is 10.8 Å². The van der Waals surface area contributed by atoms with Crippen molar-refractivity contribution in [2.75, 3.05) is 22.9 Å². The van der Waals surface area contributed by atoms with Gasteiger partial charge < -0.3 is 16.4 Å². The molecule has 0 saturated heterocycles. The van der Waals surface area contributed by atoms with Crippen LogP contribution in [0.5, 0.6) is 0 Å². The second-order valence-electron chi connectivity index (χ2n) is 7.78. The van der Waals surface area contributed by atoms with Gasteiger partial charge in [-0.2, -0.15) is 9.97 Å². The number of hydrogen-bond donors (Lipinski definition) is 3. The summed E-state index contributed by atoms with van der Waals surface area (Å²) in [5.41, 5.74) is 6.50. The fourth-order valence-electron chi connectivity index (χ4n) is 3.97. The first-order valence-corrected chi connectivity index (χ1v) is 7.84. The SMILES string of the molecule is CCNc1cc(NC2CC(C)(C)CC(C)(C)C2)nc(N)n1. The van der Waals surface area contributed by atoms with Gasteiger partial charge in [0, 0.05) is 18.7 Å². The molecule has 2 rings (SSSR count). The van der Waals surface area contributed by atoms with Crippen LogP contribution < -0.4 is 16.4 Å². The monoisotopic (exact) mass is 291 g/mol. The smallest absolute Gasteiger partial charge is 0.223 e. The van der Waals surface area contributed by atoms with Gasteiger partial charge in [-0.1, -0.05) is 27.7 Å². The van der Waals surface area contributed by atoms with Gasteiger partial charge in [-0.15, -0.1) is 0 Å². The fourth-order valence-corrected chi connectivity index (χ4v) is 3.97. The van der Waals surface area contributed by atoms with Gasteiger partial charge in [-0.05, 0) is 37.0 Å². The summed E-state index contributed by atoms with van der Waals surface area (Å²) >= 11 is 0. The molecule has 0 aromatic carbocycles. The molecular formula is C16H29N5. The van der Waals surface area contributed by atoms with Crippen molar-refractivity contribution in [1.82, 2.24) is 9.97 Å². The molecule has 21 heavy (non-hydrogen) atoms. The summed E-state index contributed by atoms with van der Waals surface area (Å²) < 4.78 is 0. The number of nitrogens with two attached hydrogens (primary N) is 1. The third kappa shape index (κ3) is 4.48. The highest BCUT2D eigenvalue weighted by Gasteiger charge is 2.38. The van der Waals surface area contributed by atoms with E-state index in [-0.39, 0.29) is 0 Å². The van der Waals surface area contributed by atoms with Crippen LogP contribution in [0.15, 0.2) is 6.07 Å². The quantitative estimate of drug-likeness (QED) is 0.791. The van der Waals surface area contributed by atoms with Crippen LogP contribution >= 0.6 is 0 Å². The molecule has 1 aromatic rings. The number of anilines is 3. The number of rotatable bonds is 4. The van der Waals surface area contributed by atoms with Gasteiger partial charge in [0.1, 0.15) is 11.6 Å². The van der Waals surface area contributed by atoms with E-state index in [9.17, 15) is 0 Å². The lowest BCUT2D eigenvalue weighted by Crippen LogP contribution is -2.40. The molecule has 5 nitrogen and oxygen atoms in total. The molecule has 4 N–H and O–H groups in total. The van der Waals surface area contributed by atoms with Crippen molar-refractivity contribution in [3.8, 4) is 0 Å². The zero-order valence-corrected chi connectivity index (χ0v) is 14.0. The van der Waals surface area contributed by atoms with Crippen LogP contribution in [0.4, 0.5) is 17.6 Å². The summed E-state index contributed by atoms with van der Waals surface area (Å²) in [4.78, 5) is 8.51. The van der Waals surface area contributed by atoms with E-state index in [0.717, 1.165) is 31.0 Å². The maximum absolute atomic E-state index is 5.80. The van der Waals surface area contributed by atoms with Crippen molar-refractivity contribution in [2.24, 2.45) is 10.8 Å². The Bertz CT molecular complexity index is 479. The predicted molar refractivity (Wildman–Crippen MR) is 89.4 cm³/mol. The van der Waals surface area contributed by atoms with Crippen molar-refractivity contribution in [3.05, 3.63) is 6.07 Å². The summed E-state index contributed by atoms with van der Waals surface area (Å²) in [6, 6.07) is 2.36. The average molecular weight is 291 g/mol. The molecule has 0 amide bonds. The molecule has 0 bridgehead atoms. The van der Waals surface area contributed by atoms with Crippen LogP contribution in [0.2, 0.25) is 0 Å². The lowest BCUT2D eigenvalue weighted by molar-refractivity contribution is 0.105. The Morgan fingerprint density at radius 3 is 2.29 bits per heavy atom. The summed E-state index contributed by atoms with van der Waals surface area (Å²) in [7, 11) is 0. The molecule has 0 atom stereocenters. The van der Waals surface area contributed by atoms with Crippen LogP contribution in [0.25, 0.3) is 0 Å². The van der Waals surface area contributed by atoms with Crippen molar-refractivity contribution >= 4 is 17.6 Å². The maximum atomic E-state index is 5.80. The second-order valence-corrected chi connectivity index (χ2v) is 7.78. The average Bonchev–Trinajstić information content (AvgIpc) is 2.23. The Morgan fingerprint density at radius 2 is 1.71 bits per heavy atom. The molecule has 1 aromatic heterocycles. The van der Waals surface area contributed by atoms with Crippen molar-refractivity contribution in [3.63, 3.8) is 0 Å². The molecule has 1 fully saturated rings. The first kappa shape index (κ1) is 15.9. The standard InChI is InChI=1S/C16H29N5/c1-6-18-12-7-13(21-14(17)20-12)19-11-8-15(2,3)10-16(4,5)9-11/h7,11H,6,8-10H2,1-5H3,(H4,17,18,19,20,21). The summed E-state index contributed by atoms with van der Waals surface area (Å²) in [5, 5.41) is 6.75. The van der Waals surface area contributed by atoms with Gasteiger partial charge in [0.05, 0.1) is 0 Å². The van der Waals surface area contributed by atoms with Gasteiger partial charge in [-0.3, -0.25) is 0 Å². The van der Waals surface area contributed by atoms with Crippen molar-refractivity contribution < 1.29 is 0 Å². The van der Waals surface area contributed by atoms with Gasteiger partial charge in [0.15, 0.2) is 0 Å². The molecule has 0 unspecified atom stereocenters. The zero-order chi connectivity index (χ0) is 15.7. The largest absolute Gasteiger partial charge is 0.370 e. The number of nitrogens with zero attached hydrogens (tertiary/aromatic N) is 2. The van der Waals surface area contributed by atoms with Gasteiger partial charge >= 0.3 is 0 Å².